The van der Waals surface area contributed by atoms with E-state index in [1.54, 1.807) is 0 Å². The summed E-state index contributed by atoms with van der Waals surface area (Å²) >= 11 is 5.62. The highest BCUT2D eigenvalue weighted by atomic mass is 32.1. The van der Waals surface area contributed by atoms with Gasteiger partial charge in [-0.15, -0.1) is 0 Å². The fourth-order valence-electron chi connectivity index (χ4n) is 3.58. The molecular weight excluding hydrogens is 368 g/mol. The van der Waals surface area contributed by atoms with Crippen molar-refractivity contribution in [2.75, 3.05) is 7.05 Å². The highest BCUT2D eigenvalue weighted by Crippen LogP contribution is 2.27. The van der Waals surface area contributed by atoms with Crippen molar-refractivity contribution in [3.05, 3.63) is 70.7 Å². The standard InChI is InChI=1S/C22H24N4OS/c1-4-19-18(17-12-8-9-13-20(17)27-19)14-24(2)15-26-22(28)25(3)21(23-26)16-10-6-5-7-11-16/h5-13H,4,14-15H2,1-3H3. The van der Waals surface area contributed by atoms with Crippen molar-refractivity contribution >= 4 is 23.2 Å². The molecule has 0 aliphatic heterocycles. The van der Waals surface area contributed by atoms with E-state index in [0.29, 0.717) is 11.4 Å². The van der Waals surface area contributed by atoms with E-state index in [1.165, 1.54) is 10.9 Å². The first-order valence-corrected chi connectivity index (χ1v) is 9.86. The van der Waals surface area contributed by atoms with E-state index in [1.807, 2.05) is 46.6 Å². The van der Waals surface area contributed by atoms with Gasteiger partial charge in [0.25, 0.3) is 0 Å². The van der Waals surface area contributed by atoms with Crippen molar-refractivity contribution in [1.29, 1.82) is 0 Å². The largest absolute Gasteiger partial charge is 0.461 e. The lowest BCUT2D eigenvalue weighted by molar-refractivity contribution is 0.243. The van der Waals surface area contributed by atoms with Crippen molar-refractivity contribution < 1.29 is 4.42 Å². The molecule has 0 spiro atoms. The Labute approximate surface area is 169 Å². The minimum Gasteiger partial charge on any atom is -0.461 e. The Balaban J connectivity index is 1.60. The molecule has 0 aliphatic rings. The Bertz CT molecular complexity index is 1160. The SMILES string of the molecule is CCc1oc2ccccc2c1CN(C)Cn1nc(-c2ccccc2)n(C)c1=S. The highest BCUT2D eigenvalue weighted by Gasteiger charge is 2.16. The Kier molecular flexibility index (Phi) is 5.15. The summed E-state index contributed by atoms with van der Waals surface area (Å²) in [4.78, 5) is 2.22. The van der Waals surface area contributed by atoms with Gasteiger partial charge in [-0.1, -0.05) is 55.5 Å². The number of rotatable bonds is 6. The quantitative estimate of drug-likeness (QED) is 0.432. The number of fused-ring (bicyclic) bond motifs is 1. The topological polar surface area (TPSA) is 39.1 Å². The van der Waals surface area contributed by atoms with Gasteiger partial charge in [0.05, 0.1) is 6.67 Å². The maximum absolute atomic E-state index is 6.03. The molecule has 0 saturated carbocycles. The van der Waals surface area contributed by atoms with Crippen molar-refractivity contribution in [2.45, 2.75) is 26.6 Å². The molecule has 0 amide bonds. The van der Waals surface area contributed by atoms with Crippen LogP contribution < -0.4 is 0 Å². The predicted molar refractivity (Wildman–Crippen MR) is 115 cm³/mol. The smallest absolute Gasteiger partial charge is 0.199 e. The van der Waals surface area contributed by atoms with E-state index in [-0.39, 0.29) is 0 Å². The van der Waals surface area contributed by atoms with E-state index in [9.17, 15) is 0 Å². The number of nitrogens with zero attached hydrogens (tertiary/aromatic N) is 4. The summed E-state index contributed by atoms with van der Waals surface area (Å²) in [6, 6.07) is 18.4. The van der Waals surface area contributed by atoms with Crippen LogP contribution in [0, 0.1) is 4.77 Å². The molecule has 0 saturated heterocycles. The summed E-state index contributed by atoms with van der Waals surface area (Å²) in [5.41, 5.74) is 3.25. The second kappa shape index (κ2) is 7.73. The molecule has 0 atom stereocenters. The van der Waals surface area contributed by atoms with Gasteiger partial charge in [0.2, 0.25) is 0 Å². The van der Waals surface area contributed by atoms with Gasteiger partial charge in [0.1, 0.15) is 11.3 Å². The maximum atomic E-state index is 6.03. The van der Waals surface area contributed by atoms with Crippen LogP contribution in [0.3, 0.4) is 0 Å². The zero-order valence-corrected chi connectivity index (χ0v) is 17.2. The van der Waals surface area contributed by atoms with Crippen molar-refractivity contribution in [3.8, 4) is 11.4 Å². The van der Waals surface area contributed by atoms with Crippen molar-refractivity contribution in [2.24, 2.45) is 7.05 Å². The minimum atomic E-state index is 0.613. The second-order valence-corrected chi connectivity index (χ2v) is 7.41. The van der Waals surface area contributed by atoms with Crippen LogP contribution in [-0.2, 0) is 26.7 Å². The Morgan fingerprint density at radius 1 is 1.07 bits per heavy atom. The van der Waals surface area contributed by atoms with Gasteiger partial charge in [-0.05, 0) is 25.3 Å². The van der Waals surface area contributed by atoms with Crippen LogP contribution in [0.5, 0.6) is 0 Å². The number of aromatic nitrogens is 3. The molecule has 4 aromatic rings. The maximum Gasteiger partial charge on any atom is 0.199 e. The third-order valence-electron chi connectivity index (χ3n) is 4.98. The fourth-order valence-corrected chi connectivity index (χ4v) is 3.76. The van der Waals surface area contributed by atoms with Gasteiger partial charge < -0.3 is 8.98 Å². The predicted octanol–water partition coefficient (Wildman–Crippen LogP) is 5.02. The molecule has 2 aromatic carbocycles. The average Bonchev–Trinajstić information content (AvgIpc) is 3.21. The van der Waals surface area contributed by atoms with Crippen LogP contribution in [0.4, 0.5) is 0 Å². The Morgan fingerprint density at radius 3 is 2.54 bits per heavy atom. The summed E-state index contributed by atoms with van der Waals surface area (Å²) in [6.07, 6.45) is 0.874. The fraction of sp³-hybridized carbons (Fsp3) is 0.273. The molecule has 0 unspecified atom stereocenters. The van der Waals surface area contributed by atoms with E-state index >= 15 is 0 Å². The van der Waals surface area contributed by atoms with Crippen LogP contribution in [0.2, 0.25) is 0 Å². The number of aryl methyl sites for hydroxylation is 1. The molecule has 2 heterocycles. The first-order chi connectivity index (χ1) is 13.6. The van der Waals surface area contributed by atoms with E-state index in [2.05, 4.69) is 43.1 Å². The molecule has 28 heavy (non-hydrogen) atoms. The Morgan fingerprint density at radius 2 is 1.79 bits per heavy atom. The van der Waals surface area contributed by atoms with Gasteiger partial charge in [0.15, 0.2) is 10.6 Å². The van der Waals surface area contributed by atoms with Gasteiger partial charge in [-0.25, -0.2) is 4.68 Å². The third kappa shape index (κ3) is 3.41. The second-order valence-electron chi connectivity index (χ2n) is 7.04. The summed E-state index contributed by atoms with van der Waals surface area (Å²) in [7, 11) is 4.05. The summed E-state index contributed by atoms with van der Waals surface area (Å²) in [6.45, 7) is 3.52. The first kappa shape index (κ1) is 18.7. The lowest BCUT2D eigenvalue weighted by Gasteiger charge is -2.16. The minimum absolute atomic E-state index is 0.613. The zero-order chi connectivity index (χ0) is 19.7. The average molecular weight is 393 g/mol. The van der Waals surface area contributed by atoms with Crippen LogP contribution in [0.15, 0.2) is 59.0 Å². The number of hydrogen-bond acceptors (Lipinski definition) is 4. The lowest BCUT2D eigenvalue weighted by atomic mass is 10.1. The molecule has 0 radical (unpaired) electrons. The van der Waals surface area contributed by atoms with Gasteiger partial charge in [-0.2, -0.15) is 5.10 Å². The number of hydrogen-bond donors (Lipinski definition) is 0. The van der Waals surface area contributed by atoms with Crippen LogP contribution in [0.1, 0.15) is 18.2 Å². The molecule has 5 nitrogen and oxygen atoms in total. The van der Waals surface area contributed by atoms with Crippen LogP contribution in [-0.4, -0.2) is 26.3 Å². The highest BCUT2D eigenvalue weighted by molar-refractivity contribution is 7.71. The van der Waals surface area contributed by atoms with Crippen LogP contribution in [0.25, 0.3) is 22.4 Å². The van der Waals surface area contributed by atoms with Crippen LogP contribution >= 0.6 is 12.2 Å². The number of para-hydroxylation sites is 1. The molecule has 0 N–H and O–H groups in total. The third-order valence-corrected chi connectivity index (χ3v) is 5.46. The molecule has 2 aromatic heterocycles. The molecule has 6 heteroatoms. The number of furan rings is 1. The summed E-state index contributed by atoms with van der Waals surface area (Å²) in [5.74, 6) is 1.92. The normalized spacial score (nSPS) is 11.6. The first-order valence-electron chi connectivity index (χ1n) is 9.45. The lowest BCUT2D eigenvalue weighted by Crippen LogP contribution is -2.23. The molecule has 0 fully saturated rings. The number of benzene rings is 2. The summed E-state index contributed by atoms with van der Waals surface area (Å²) in [5, 5.41) is 5.95. The molecule has 4 rings (SSSR count). The van der Waals surface area contributed by atoms with Crippen molar-refractivity contribution in [1.82, 2.24) is 19.2 Å². The molecule has 0 bridgehead atoms. The van der Waals surface area contributed by atoms with E-state index in [4.69, 9.17) is 21.7 Å². The van der Waals surface area contributed by atoms with Gasteiger partial charge in [0, 0.05) is 36.5 Å². The van der Waals surface area contributed by atoms with E-state index in [0.717, 1.165) is 35.7 Å². The zero-order valence-electron chi connectivity index (χ0n) is 16.4. The monoisotopic (exact) mass is 392 g/mol. The van der Waals surface area contributed by atoms with E-state index < -0.39 is 0 Å². The molecule has 0 aliphatic carbocycles. The summed E-state index contributed by atoms with van der Waals surface area (Å²) < 4.78 is 10.6. The molecule has 144 valence electrons. The van der Waals surface area contributed by atoms with Crippen molar-refractivity contribution in [3.63, 3.8) is 0 Å². The van der Waals surface area contributed by atoms with Gasteiger partial charge >= 0.3 is 0 Å². The van der Waals surface area contributed by atoms with Gasteiger partial charge in [-0.3, -0.25) is 4.90 Å². The molecular formula is C22H24N4OS. The Hall–Kier alpha value is -2.70.